The van der Waals surface area contributed by atoms with E-state index < -0.39 is 27.0 Å². The fourth-order valence-corrected chi connectivity index (χ4v) is 2.82. The molecule has 0 bridgehead atoms. The van der Waals surface area contributed by atoms with E-state index in [2.05, 4.69) is 0 Å². The molecule has 0 unspecified atom stereocenters. The maximum Gasteiger partial charge on any atom is 0.343 e. The minimum absolute atomic E-state index is 0.203. The van der Waals surface area contributed by atoms with Crippen LogP contribution in [-0.2, 0) is 17.1 Å². The Morgan fingerprint density at radius 2 is 1.80 bits per heavy atom. The number of hydrogen-bond acceptors (Lipinski definition) is 5. The van der Waals surface area contributed by atoms with Gasteiger partial charge in [-0.15, -0.1) is 0 Å². The minimum atomic E-state index is -4.24. The molecule has 0 aliphatic rings. The van der Waals surface area contributed by atoms with Crippen molar-refractivity contribution < 1.29 is 12.8 Å². The number of anilines is 1. The van der Waals surface area contributed by atoms with Crippen LogP contribution < -0.4 is 16.9 Å². The Morgan fingerprint density at radius 3 is 2.35 bits per heavy atom. The lowest BCUT2D eigenvalue weighted by atomic mass is 10.3. The Hall–Kier alpha value is -2.42. The number of nitrogens with one attached hydrogen (secondary N) is 1. The molecule has 7 nitrogen and oxygen atoms in total. The van der Waals surface area contributed by atoms with Crippen LogP contribution in [0, 0.1) is 11.2 Å². The summed E-state index contributed by atoms with van der Waals surface area (Å²) in [7, 11) is -3.13. The van der Waals surface area contributed by atoms with Gasteiger partial charge in [-0.05, 0) is 24.3 Å². The van der Waals surface area contributed by atoms with Crippen LogP contribution in [0.5, 0.6) is 0 Å². The van der Waals surface area contributed by atoms with Gasteiger partial charge in [0, 0.05) is 12.7 Å². The zero-order chi connectivity index (χ0) is 15.1. The number of hydrogen-bond donors (Lipinski definition) is 2. The van der Waals surface area contributed by atoms with Crippen molar-refractivity contribution in [3.63, 3.8) is 0 Å². The van der Waals surface area contributed by atoms with Crippen LogP contribution in [0.2, 0.25) is 0 Å². The topological polar surface area (TPSA) is 111 Å². The van der Waals surface area contributed by atoms with Crippen molar-refractivity contribution in [3.8, 4) is 0 Å². The van der Waals surface area contributed by atoms with Crippen molar-refractivity contribution in [2.45, 2.75) is 4.90 Å². The summed E-state index contributed by atoms with van der Waals surface area (Å²) in [6.07, 6.45) is 0.482. The van der Waals surface area contributed by atoms with E-state index in [4.69, 9.17) is 11.1 Å². The van der Waals surface area contributed by atoms with Gasteiger partial charge >= 0.3 is 5.69 Å². The van der Waals surface area contributed by atoms with Crippen LogP contribution in [0.25, 0.3) is 0 Å². The molecule has 0 atom stereocenters. The third-order valence-electron chi connectivity index (χ3n) is 2.70. The van der Waals surface area contributed by atoms with Gasteiger partial charge in [-0.25, -0.2) is 17.6 Å². The SMILES string of the molecule is Cn1c(=N)c(F)cn(S(=O)(=O)c2ccc(N)cc2)c1=O. The van der Waals surface area contributed by atoms with E-state index in [-0.39, 0.29) is 8.87 Å². The largest absolute Gasteiger partial charge is 0.399 e. The third kappa shape index (κ3) is 2.11. The average Bonchev–Trinajstić information content (AvgIpc) is 2.41. The molecule has 1 aromatic carbocycles. The minimum Gasteiger partial charge on any atom is -0.399 e. The molecule has 0 aliphatic heterocycles. The normalized spacial score (nSPS) is 11.5. The molecular formula is C11H11FN4O3S. The Bertz CT molecular complexity index is 881. The van der Waals surface area contributed by atoms with Crippen LogP contribution in [0.3, 0.4) is 0 Å². The summed E-state index contributed by atoms with van der Waals surface area (Å²) < 4.78 is 38.9. The second-order valence-corrected chi connectivity index (χ2v) is 5.85. The fourth-order valence-electron chi connectivity index (χ4n) is 1.55. The number of nitrogens with zero attached hydrogens (tertiary/aromatic N) is 2. The van der Waals surface area contributed by atoms with Crippen LogP contribution in [0.1, 0.15) is 0 Å². The highest BCUT2D eigenvalue weighted by atomic mass is 32.2. The first-order valence-electron chi connectivity index (χ1n) is 5.39. The first-order chi connectivity index (χ1) is 9.25. The van der Waals surface area contributed by atoms with Gasteiger partial charge in [0.05, 0.1) is 11.1 Å². The van der Waals surface area contributed by atoms with Crippen molar-refractivity contribution in [3.05, 3.63) is 52.3 Å². The zero-order valence-electron chi connectivity index (χ0n) is 10.4. The van der Waals surface area contributed by atoms with Gasteiger partial charge < -0.3 is 5.73 Å². The van der Waals surface area contributed by atoms with Gasteiger partial charge in [0.25, 0.3) is 10.0 Å². The maximum absolute atomic E-state index is 13.5. The zero-order valence-corrected chi connectivity index (χ0v) is 11.2. The van der Waals surface area contributed by atoms with Gasteiger partial charge in [-0.1, -0.05) is 0 Å². The van der Waals surface area contributed by atoms with Gasteiger partial charge in [-0.2, -0.15) is 3.97 Å². The molecule has 0 aliphatic carbocycles. The van der Waals surface area contributed by atoms with E-state index in [9.17, 15) is 17.6 Å². The average molecular weight is 298 g/mol. The van der Waals surface area contributed by atoms with Gasteiger partial charge in [0.15, 0.2) is 11.3 Å². The van der Waals surface area contributed by atoms with Crippen molar-refractivity contribution in [1.29, 1.82) is 5.41 Å². The smallest absolute Gasteiger partial charge is 0.343 e. The highest BCUT2D eigenvalue weighted by Crippen LogP contribution is 2.13. The molecule has 20 heavy (non-hydrogen) atoms. The van der Waals surface area contributed by atoms with Crippen LogP contribution in [0.4, 0.5) is 10.1 Å². The highest BCUT2D eigenvalue weighted by Gasteiger charge is 2.20. The summed E-state index contributed by atoms with van der Waals surface area (Å²) in [5.41, 5.74) is 4.08. The predicted molar refractivity (Wildman–Crippen MR) is 68.9 cm³/mol. The molecule has 106 valence electrons. The number of benzene rings is 1. The molecule has 1 aromatic heterocycles. The van der Waals surface area contributed by atoms with Crippen LogP contribution in [0.15, 0.2) is 40.2 Å². The molecule has 2 rings (SSSR count). The van der Waals surface area contributed by atoms with Gasteiger partial charge in [0.2, 0.25) is 0 Å². The van der Waals surface area contributed by atoms with E-state index in [1.54, 1.807) is 0 Å². The molecule has 3 N–H and O–H groups in total. The monoisotopic (exact) mass is 298 g/mol. The number of rotatable bonds is 2. The Kier molecular flexibility index (Phi) is 3.22. The number of halogens is 1. The molecule has 0 radical (unpaired) electrons. The lowest BCUT2D eigenvalue weighted by Crippen LogP contribution is -2.41. The molecular weight excluding hydrogens is 287 g/mol. The quantitative estimate of drug-likeness (QED) is 0.736. The van der Waals surface area contributed by atoms with Crippen molar-refractivity contribution in [2.24, 2.45) is 7.05 Å². The second kappa shape index (κ2) is 4.60. The number of nitrogens with two attached hydrogens (primary N) is 1. The number of nitrogen functional groups attached to an aromatic ring is 1. The summed E-state index contributed by atoms with van der Waals surface area (Å²) in [5.74, 6) is -1.12. The first kappa shape index (κ1) is 14.0. The van der Waals surface area contributed by atoms with E-state index in [0.29, 0.717) is 16.5 Å². The standard InChI is InChI=1S/C11H11FN4O3S/c1-15-10(14)9(12)6-16(11(15)17)20(18,19)8-4-2-7(13)3-5-8/h2-6,14H,13H2,1H3. The third-order valence-corrected chi connectivity index (χ3v) is 4.35. The molecule has 0 saturated carbocycles. The molecule has 0 amide bonds. The van der Waals surface area contributed by atoms with Crippen molar-refractivity contribution in [2.75, 3.05) is 5.73 Å². The van der Waals surface area contributed by atoms with Gasteiger partial charge in [-0.3, -0.25) is 9.98 Å². The second-order valence-electron chi connectivity index (χ2n) is 4.04. The highest BCUT2D eigenvalue weighted by molar-refractivity contribution is 7.90. The lowest BCUT2D eigenvalue weighted by Gasteiger charge is -2.09. The summed E-state index contributed by atoms with van der Waals surface area (Å²) in [6.45, 7) is 0. The molecule has 0 fully saturated rings. The van der Waals surface area contributed by atoms with E-state index in [0.717, 1.165) is 7.05 Å². The van der Waals surface area contributed by atoms with Crippen molar-refractivity contribution >= 4 is 15.7 Å². The van der Waals surface area contributed by atoms with Gasteiger partial charge in [0.1, 0.15) is 0 Å². The summed E-state index contributed by atoms with van der Waals surface area (Å²) >= 11 is 0. The van der Waals surface area contributed by atoms with Crippen molar-refractivity contribution in [1.82, 2.24) is 8.54 Å². The first-order valence-corrected chi connectivity index (χ1v) is 6.83. The molecule has 9 heteroatoms. The predicted octanol–water partition coefficient (Wildman–Crippen LogP) is -0.375. The molecule has 0 spiro atoms. The van der Waals surface area contributed by atoms with E-state index in [1.807, 2.05) is 0 Å². The Balaban J connectivity index is 2.77. The maximum atomic E-state index is 13.5. The molecule has 0 saturated heterocycles. The summed E-state index contributed by atoms with van der Waals surface area (Å²) in [4.78, 5) is 11.7. The summed E-state index contributed by atoms with van der Waals surface area (Å²) in [6, 6.07) is 5.13. The number of aromatic nitrogens is 2. The summed E-state index contributed by atoms with van der Waals surface area (Å²) in [5, 5.41) is 7.28. The Morgan fingerprint density at radius 1 is 1.25 bits per heavy atom. The van der Waals surface area contributed by atoms with Crippen LogP contribution in [-0.4, -0.2) is 17.0 Å². The van der Waals surface area contributed by atoms with E-state index in [1.165, 1.54) is 24.3 Å². The Labute approximate surface area is 113 Å². The lowest BCUT2D eigenvalue weighted by molar-refractivity contribution is 0.534. The molecule has 2 aromatic rings. The van der Waals surface area contributed by atoms with Crippen LogP contribution >= 0.6 is 0 Å². The fraction of sp³-hybridized carbons (Fsp3) is 0.0909. The van der Waals surface area contributed by atoms with E-state index >= 15 is 0 Å². The molecule has 1 heterocycles.